The number of ether oxygens (including phenoxy) is 1. The van der Waals surface area contributed by atoms with Crippen molar-refractivity contribution in [3.05, 3.63) is 44.6 Å². The first-order valence-electron chi connectivity index (χ1n) is 6.52. The van der Waals surface area contributed by atoms with Gasteiger partial charge in [-0.15, -0.1) is 11.8 Å². The molecule has 108 valence electrons. The minimum absolute atomic E-state index is 0.0119. The minimum Gasteiger partial charge on any atom is -0.478 e. The highest BCUT2D eigenvalue weighted by atomic mass is 35.5. The lowest BCUT2D eigenvalue weighted by Crippen LogP contribution is -2.30. The van der Waals surface area contributed by atoms with Crippen molar-refractivity contribution in [2.45, 2.75) is 18.9 Å². The van der Waals surface area contributed by atoms with Gasteiger partial charge in [0.2, 0.25) is 5.88 Å². The number of aliphatic hydroxyl groups excluding tert-OH is 1. The van der Waals surface area contributed by atoms with Crippen LogP contribution in [0.2, 0.25) is 10.0 Å². The zero-order valence-electron chi connectivity index (χ0n) is 10.8. The molecule has 0 aliphatic carbocycles. The number of hydrogen-bond donors (Lipinski definition) is 1. The van der Waals surface area contributed by atoms with Crippen LogP contribution >= 0.6 is 35.0 Å². The Bertz CT molecular complexity index is 550. The average Bonchev–Trinajstić information content (AvgIpc) is 2.86. The molecule has 1 atom stereocenters. The number of aliphatic hydroxyl groups is 1. The molecule has 6 heteroatoms. The molecule has 1 N–H and O–H groups in total. The summed E-state index contributed by atoms with van der Waals surface area (Å²) >= 11 is 14.0. The van der Waals surface area contributed by atoms with E-state index in [1.807, 2.05) is 6.07 Å². The highest BCUT2D eigenvalue weighted by Crippen LogP contribution is 2.43. The van der Waals surface area contributed by atoms with Crippen LogP contribution in [0.3, 0.4) is 0 Å². The van der Waals surface area contributed by atoms with E-state index < -0.39 is 0 Å². The number of allylic oxidation sites excluding steroid dienone is 1. The summed E-state index contributed by atoms with van der Waals surface area (Å²) in [4.78, 5) is 3.37. The monoisotopic (exact) mass is 331 g/mol. The SMILES string of the molecule is OC[C@H](c1ccc(Cl)cc1Cl)N1CSC2=C1OCCC2. The molecule has 2 heterocycles. The van der Waals surface area contributed by atoms with Crippen LogP contribution in [-0.4, -0.2) is 29.1 Å². The molecule has 3 nitrogen and oxygen atoms in total. The molecule has 0 radical (unpaired) electrons. The maximum atomic E-state index is 9.80. The predicted molar refractivity (Wildman–Crippen MR) is 82.8 cm³/mol. The fourth-order valence-corrected chi connectivity index (χ4v) is 4.26. The van der Waals surface area contributed by atoms with Crippen molar-refractivity contribution in [1.82, 2.24) is 4.90 Å². The molecule has 0 spiro atoms. The largest absolute Gasteiger partial charge is 0.478 e. The second-order valence-corrected chi connectivity index (χ2v) is 6.67. The molecule has 0 fully saturated rings. The summed E-state index contributed by atoms with van der Waals surface area (Å²) in [5.74, 6) is 1.70. The van der Waals surface area contributed by atoms with Gasteiger partial charge in [-0.05, 0) is 30.5 Å². The molecule has 20 heavy (non-hydrogen) atoms. The van der Waals surface area contributed by atoms with Crippen LogP contribution in [0, 0.1) is 0 Å². The van der Waals surface area contributed by atoms with E-state index in [2.05, 4.69) is 4.90 Å². The second-order valence-electron chi connectivity index (χ2n) is 4.79. The van der Waals surface area contributed by atoms with Crippen molar-refractivity contribution in [1.29, 1.82) is 0 Å². The lowest BCUT2D eigenvalue weighted by molar-refractivity contribution is 0.0669. The topological polar surface area (TPSA) is 32.7 Å². The third-order valence-electron chi connectivity index (χ3n) is 3.53. The fourth-order valence-electron chi connectivity index (χ4n) is 2.54. The average molecular weight is 332 g/mol. The van der Waals surface area contributed by atoms with E-state index in [4.69, 9.17) is 27.9 Å². The first-order valence-corrected chi connectivity index (χ1v) is 8.26. The van der Waals surface area contributed by atoms with Gasteiger partial charge < -0.3 is 14.7 Å². The Morgan fingerprint density at radius 3 is 3.00 bits per heavy atom. The van der Waals surface area contributed by atoms with E-state index in [1.165, 1.54) is 4.91 Å². The van der Waals surface area contributed by atoms with Gasteiger partial charge in [-0.25, -0.2) is 0 Å². The Morgan fingerprint density at radius 1 is 1.40 bits per heavy atom. The maximum Gasteiger partial charge on any atom is 0.200 e. The minimum atomic E-state index is -0.196. The molecule has 1 aromatic rings. The molecule has 0 aromatic heterocycles. The van der Waals surface area contributed by atoms with Crippen LogP contribution in [0.1, 0.15) is 24.4 Å². The van der Waals surface area contributed by atoms with Gasteiger partial charge in [-0.2, -0.15) is 0 Å². The van der Waals surface area contributed by atoms with Crippen LogP contribution in [0.15, 0.2) is 29.0 Å². The third kappa shape index (κ3) is 2.62. The third-order valence-corrected chi connectivity index (χ3v) is 5.23. The highest BCUT2D eigenvalue weighted by molar-refractivity contribution is 8.03. The normalized spacial score (nSPS) is 19.9. The Labute approximate surface area is 132 Å². The molecule has 0 bridgehead atoms. The van der Waals surface area contributed by atoms with Crippen LogP contribution < -0.4 is 0 Å². The number of thioether (sulfide) groups is 1. The van der Waals surface area contributed by atoms with Gasteiger partial charge in [0.15, 0.2) is 0 Å². The van der Waals surface area contributed by atoms with Gasteiger partial charge in [-0.1, -0.05) is 29.3 Å². The summed E-state index contributed by atoms with van der Waals surface area (Å²) in [7, 11) is 0. The van der Waals surface area contributed by atoms with Crippen molar-refractivity contribution >= 4 is 35.0 Å². The first-order chi connectivity index (χ1) is 9.70. The predicted octanol–water partition coefficient (Wildman–Crippen LogP) is 4.01. The van der Waals surface area contributed by atoms with Gasteiger partial charge in [0.25, 0.3) is 0 Å². The summed E-state index contributed by atoms with van der Waals surface area (Å²) in [6, 6.07) is 5.18. The summed E-state index contributed by atoms with van der Waals surface area (Å²) in [6.45, 7) is 0.727. The number of hydrogen-bond acceptors (Lipinski definition) is 4. The second kappa shape index (κ2) is 6.06. The maximum absolute atomic E-state index is 9.80. The number of benzene rings is 1. The van der Waals surface area contributed by atoms with Crippen molar-refractivity contribution in [3.63, 3.8) is 0 Å². The van der Waals surface area contributed by atoms with Crippen molar-refractivity contribution in [2.75, 3.05) is 19.1 Å². The Balaban J connectivity index is 1.92. The molecule has 0 amide bonds. The van der Waals surface area contributed by atoms with E-state index in [0.717, 1.165) is 36.8 Å². The summed E-state index contributed by atoms with van der Waals surface area (Å²) in [5, 5.41) is 11.0. The highest BCUT2D eigenvalue weighted by Gasteiger charge is 2.33. The van der Waals surface area contributed by atoms with Gasteiger partial charge in [0.1, 0.15) is 0 Å². The van der Waals surface area contributed by atoms with E-state index in [-0.39, 0.29) is 12.6 Å². The Morgan fingerprint density at radius 2 is 2.25 bits per heavy atom. The molecular formula is C14H15Cl2NO2S. The standard InChI is InChI=1S/C14H15Cl2NO2S/c15-9-3-4-10(11(16)6-9)12(7-18)17-8-20-13-2-1-5-19-14(13)17/h3-4,6,12,18H,1-2,5,7-8H2/t12-/m1/s1. The molecule has 3 rings (SSSR count). The first kappa shape index (κ1) is 14.4. The van der Waals surface area contributed by atoms with Gasteiger partial charge >= 0.3 is 0 Å². The van der Waals surface area contributed by atoms with E-state index in [9.17, 15) is 5.11 Å². The van der Waals surface area contributed by atoms with Crippen LogP contribution in [0.5, 0.6) is 0 Å². The van der Waals surface area contributed by atoms with E-state index in [1.54, 1.807) is 23.9 Å². The van der Waals surface area contributed by atoms with Crippen molar-refractivity contribution < 1.29 is 9.84 Å². The smallest absolute Gasteiger partial charge is 0.200 e. The molecule has 0 unspecified atom stereocenters. The van der Waals surface area contributed by atoms with E-state index >= 15 is 0 Å². The molecular weight excluding hydrogens is 317 g/mol. The zero-order chi connectivity index (χ0) is 14.1. The van der Waals surface area contributed by atoms with Gasteiger partial charge in [0.05, 0.1) is 25.1 Å². The quantitative estimate of drug-likeness (QED) is 0.906. The summed E-state index contributed by atoms with van der Waals surface area (Å²) < 4.78 is 5.79. The Hall–Kier alpha value is -0.550. The molecule has 1 aromatic carbocycles. The Kier molecular flexibility index (Phi) is 4.36. The zero-order valence-corrected chi connectivity index (χ0v) is 13.1. The van der Waals surface area contributed by atoms with Gasteiger partial charge in [0, 0.05) is 15.0 Å². The molecule has 2 aliphatic heterocycles. The number of rotatable bonds is 3. The van der Waals surface area contributed by atoms with Gasteiger partial charge in [-0.3, -0.25) is 0 Å². The van der Waals surface area contributed by atoms with E-state index in [0.29, 0.717) is 10.0 Å². The van der Waals surface area contributed by atoms with Crippen LogP contribution in [0.25, 0.3) is 0 Å². The molecule has 0 saturated heterocycles. The van der Waals surface area contributed by atoms with Crippen LogP contribution in [0.4, 0.5) is 0 Å². The lowest BCUT2D eigenvalue weighted by Gasteiger charge is -2.31. The summed E-state index contributed by atoms with van der Waals surface area (Å²) in [5.41, 5.74) is 0.877. The number of nitrogens with zero attached hydrogens (tertiary/aromatic N) is 1. The summed E-state index contributed by atoms with van der Waals surface area (Å²) in [6.07, 6.45) is 2.12. The fraction of sp³-hybridized carbons (Fsp3) is 0.429. The van der Waals surface area contributed by atoms with Crippen LogP contribution in [-0.2, 0) is 4.74 Å². The van der Waals surface area contributed by atoms with Crippen molar-refractivity contribution in [3.8, 4) is 0 Å². The molecule has 2 aliphatic rings. The number of halogens is 2. The van der Waals surface area contributed by atoms with Crippen molar-refractivity contribution in [2.24, 2.45) is 0 Å². The molecule has 0 saturated carbocycles. The lowest BCUT2D eigenvalue weighted by atomic mass is 10.1.